The molecular weight excluding hydrogens is 334 g/mol. The third kappa shape index (κ3) is 8.83. The molecule has 0 aromatic heterocycles. The molecule has 2 aromatic rings. The SMILES string of the molecule is CCc1ccc(N=Nc2ccc(OCCCCCC[N+](C)(C)C)cc2)cc1. The lowest BCUT2D eigenvalue weighted by Gasteiger charge is -2.23. The van der Waals surface area contributed by atoms with Gasteiger partial charge in [0.15, 0.2) is 0 Å². The van der Waals surface area contributed by atoms with Crippen LogP contribution in [-0.4, -0.2) is 38.8 Å². The molecule has 0 spiro atoms. The summed E-state index contributed by atoms with van der Waals surface area (Å²) in [4.78, 5) is 0. The van der Waals surface area contributed by atoms with Gasteiger partial charge in [-0.1, -0.05) is 19.1 Å². The van der Waals surface area contributed by atoms with Gasteiger partial charge in [0.1, 0.15) is 5.75 Å². The largest absolute Gasteiger partial charge is 0.494 e. The predicted molar refractivity (Wildman–Crippen MR) is 113 cm³/mol. The Morgan fingerprint density at radius 3 is 1.85 bits per heavy atom. The summed E-state index contributed by atoms with van der Waals surface area (Å²) in [6.07, 6.45) is 5.92. The van der Waals surface area contributed by atoms with Crippen LogP contribution in [0.1, 0.15) is 38.2 Å². The van der Waals surface area contributed by atoms with Crippen LogP contribution in [-0.2, 0) is 6.42 Å². The van der Waals surface area contributed by atoms with Crippen LogP contribution >= 0.6 is 0 Å². The molecule has 2 rings (SSSR count). The van der Waals surface area contributed by atoms with Crippen LogP contribution in [0.5, 0.6) is 5.75 Å². The van der Waals surface area contributed by atoms with E-state index in [-0.39, 0.29) is 0 Å². The summed E-state index contributed by atoms with van der Waals surface area (Å²) in [7, 11) is 6.73. The van der Waals surface area contributed by atoms with Gasteiger partial charge in [-0.05, 0) is 74.1 Å². The van der Waals surface area contributed by atoms with Crippen molar-refractivity contribution < 1.29 is 9.22 Å². The molecule has 0 aliphatic rings. The van der Waals surface area contributed by atoms with Gasteiger partial charge in [-0.3, -0.25) is 0 Å². The Hall–Kier alpha value is -2.20. The third-order valence-electron chi connectivity index (χ3n) is 4.45. The van der Waals surface area contributed by atoms with Gasteiger partial charge >= 0.3 is 0 Å². The number of quaternary nitrogens is 1. The average molecular weight is 369 g/mol. The molecule has 2 aromatic carbocycles. The molecule has 0 unspecified atom stereocenters. The Morgan fingerprint density at radius 1 is 0.741 bits per heavy atom. The Balaban J connectivity index is 1.68. The highest BCUT2D eigenvalue weighted by molar-refractivity contribution is 5.43. The number of ether oxygens (including phenoxy) is 1. The minimum Gasteiger partial charge on any atom is -0.494 e. The highest BCUT2D eigenvalue weighted by Crippen LogP contribution is 2.22. The highest BCUT2D eigenvalue weighted by Gasteiger charge is 2.05. The third-order valence-corrected chi connectivity index (χ3v) is 4.45. The number of benzene rings is 2. The maximum absolute atomic E-state index is 5.82. The normalized spacial score (nSPS) is 11.9. The van der Waals surface area contributed by atoms with E-state index in [0.29, 0.717) is 0 Å². The Morgan fingerprint density at radius 2 is 1.30 bits per heavy atom. The van der Waals surface area contributed by atoms with Crippen molar-refractivity contribution in [3.63, 3.8) is 0 Å². The van der Waals surface area contributed by atoms with Crippen LogP contribution < -0.4 is 4.74 Å². The molecule has 0 radical (unpaired) electrons. The summed E-state index contributed by atoms with van der Waals surface area (Å²) in [5, 5.41) is 8.58. The van der Waals surface area contributed by atoms with E-state index in [1.165, 1.54) is 31.4 Å². The van der Waals surface area contributed by atoms with Crippen molar-refractivity contribution in [2.45, 2.75) is 39.0 Å². The van der Waals surface area contributed by atoms with Gasteiger partial charge in [-0.2, -0.15) is 10.2 Å². The molecule has 0 saturated heterocycles. The lowest BCUT2D eigenvalue weighted by atomic mass is 10.2. The van der Waals surface area contributed by atoms with Crippen molar-refractivity contribution in [2.75, 3.05) is 34.3 Å². The molecule has 146 valence electrons. The van der Waals surface area contributed by atoms with Crippen molar-refractivity contribution in [3.8, 4) is 5.75 Å². The van der Waals surface area contributed by atoms with Crippen LogP contribution in [0.3, 0.4) is 0 Å². The van der Waals surface area contributed by atoms with Gasteiger partial charge in [-0.25, -0.2) is 0 Å². The molecule has 0 fully saturated rings. The zero-order valence-corrected chi connectivity index (χ0v) is 17.3. The predicted octanol–water partition coefficient (Wildman–Crippen LogP) is 6.31. The van der Waals surface area contributed by atoms with Crippen LogP contribution in [0, 0.1) is 0 Å². The molecular formula is C23H34N3O+. The fourth-order valence-corrected chi connectivity index (χ4v) is 2.75. The number of rotatable bonds is 11. The number of unbranched alkanes of at least 4 members (excludes halogenated alkanes) is 3. The molecule has 0 heterocycles. The lowest BCUT2D eigenvalue weighted by Crippen LogP contribution is -2.35. The Labute approximate surface area is 164 Å². The van der Waals surface area contributed by atoms with E-state index in [2.05, 4.69) is 50.4 Å². The second-order valence-corrected chi connectivity index (χ2v) is 7.99. The zero-order valence-electron chi connectivity index (χ0n) is 17.3. The molecule has 0 atom stereocenters. The van der Waals surface area contributed by atoms with Crippen molar-refractivity contribution in [1.29, 1.82) is 0 Å². The number of aryl methyl sites for hydroxylation is 1. The first-order chi connectivity index (χ1) is 13.0. The molecule has 0 saturated carbocycles. The number of azo groups is 1. The smallest absolute Gasteiger partial charge is 0.119 e. The summed E-state index contributed by atoms with van der Waals surface area (Å²) in [6.45, 7) is 4.15. The number of nitrogens with zero attached hydrogens (tertiary/aromatic N) is 3. The van der Waals surface area contributed by atoms with Crippen LogP contribution in [0.25, 0.3) is 0 Å². The van der Waals surface area contributed by atoms with Crippen molar-refractivity contribution in [1.82, 2.24) is 0 Å². The standard InChI is InChI=1S/C23H34N3O/c1-5-20-10-12-21(13-11-20)24-25-22-14-16-23(17-15-22)27-19-9-7-6-8-18-26(2,3)4/h10-17H,5-9,18-19H2,1-4H3/q+1. The van der Waals surface area contributed by atoms with Gasteiger partial charge in [-0.15, -0.1) is 0 Å². The lowest BCUT2D eigenvalue weighted by molar-refractivity contribution is -0.870. The fourth-order valence-electron chi connectivity index (χ4n) is 2.75. The molecule has 0 aliphatic heterocycles. The van der Waals surface area contributed by atoms with Crippen LogP contribution in [0.15, 0.2) is 58.8 Å². The van der Waals surface area contributed by atoms with E-state index in [9.17, 15) is 0 Å². The van der Waals surface area contributed by atoms with Crippen molar-refractivity contribution in [2.24, 2.45) is 10.2 Å². The molecule has 0 amide bonds. The van der Waals surface area contributed by atoms with Crippen molar-refractivity contribution >= 4 is 11.4 Å². The van der Waals surface area contributed by atoms with Gasteiger partial charge < -0.3 is 9.22 Å². The first-order valence-corrected chi connectivity index (χ1v) is 10.0. The van der Waals surface area contributed by atoms with E-state index < -0.39 is 0 Å². The van der Waals surface area contributed by atoms with E-state index >= 15 is 0 Å². The van der Waals surface area contributed by atoms with Gasteiger partial charge in [0.05, 0.1) is 45.7 Å². The van der Waals surface area contributed by atoms with Gasteiger partial charge in [0, 0.05) is 0 Å². The Bertz CT molecular complexity index is 685. The van der Waals surface area contributed by atoms with E-state index in [1.54, 1.807) is 0 Å². The van der Waals surface area contributed by atoms with Gasteiger partial charge in [0.2, 0.25) is 0 Å². The minimum absolute atomic E-state index is 0.773. The first-order valence-electron chi connectivity index (χ1n) is 10.0. The summed E-state index contributed by atoms with van der Waals surface area (Å²) < 4.78 is 6.87. The molecule has 0 N–H and O–H groups in total. The zero-order chi connectivity index (χ0) is 19.5. The Kier molecular flexibility index (Phi) is 8.46. The van der Waals surface area contributed by atoms with Crippen LogP contribution in [0.2, 0.25) is 0 Å². The number of hydrogen-bond donors (Lipinski definition) is 0. The second-order valence-electron chi connectivity index (χ2n) is 7.99. The summed E-state index contributed by atoms with van der Waals surface area (Å²) in [5.41, 5.74) is 3.02. The maximum atomic E-state index is 5.82. The maximum Gasteiger partial charge on any atom is 0.119 e. The van der Waals surface area contributed by atoms with Crippen molar-refractivity contribution in [3.05, 3.63) is 54.1 Å². The first kappa shape index (κ1) is 21.1. The quantitative estimate of drug-likeness (QED) is 0.260. The topological polar surface area (TPSA) is 34.0 Å². The average Bonchev–Trinajstić information content (AvgIpc) is 2.66. The molecule has 27 heavy (non-hydrogen) atoms. The minimum atomic E-state index is 0.773. The number of hydrogen-bond acceptors (Lipinski definition) is 3. The monoisotopic (exact) mass is 368 g/mol. The fraction of sp³-hybridized carbons (Fsp3) is 0.478. The van der Waals surface area contributed by atoms with E-state index in [1.807, 2.05) is 36.4 Å². The van der Waals surface area contributed by atoms with E-state index in [0.717, 1.165) is 41.1 Å². The van der Waals surface area contributed by atoms with Gasteiger partial charge in [0.25, 0.3) is 0 Å². The van der Waals surface area contributed by atoms with E-state index in [4.69, 9.17) is 4.74 Å². The molecule has 0 aliphatic carbocycles. The summed E-state index contributed by atoms with van der Waals surface area (Å²) >= 11 is 0. The molecule has 0 bridgehead atoms. The molecule has 4 heteroatoms. The molecule has 4 nitrogen and oxygen atoms in total. The summed E-state index contributed by atoms with van der Waals surface area (Å²) in [6, 6.07) is 16.0. The highest BCUT2D eigenvalue weighted by atomic mass is 16.5. The van der Waals surface area contributed by atoms with Crippen LogP contribution in [0.4, 0.5) is 11.4 Å². The summed E-state index contributed by atoms with van der Waals surface area (Å²) in [5.74, 6) is 0.896. The second kappa shape index (κ2) is 10.8.